The van der Waals surface area contributed by atoms with Gasteiger partial charge in [-0.15, -0.1) is 0 Å². The second-order valence-electron chi connectivity index (χ2n) is 6.33. The molecule has 0 spiro atoms. The van der Waals surface area contributed by atoms with Gasteiger partial charge in [0.05, 0.1) is 22.6 Å². The van der Waals surface area contributed by atoms with Crippen molar-refractivity contribution in [3.05, 3.63) is 77.4 Å². The Morgan fingerprint density at radius 1 is 1.06 bits per heavy atom. The third kappa shape index (κ3) is 5.87. The first-order valence-corrected chi connectivity index (χ1v) is 10.8. The quantitative estimate of drug-likeness (QED) is 0.209. The van der Waals surface area contributed by atoms with E-state index in [-0.39, 0.29) is 32.7 Å². The Morgan fingerprint density at radius 3 is 2.28 bits per heavy atom. The first-order valence-electron chi connectivity index (χ1n) is 8.97. The Morgan fingerprint density at radius 2 is 1.72 bits per heavy atom. The maximum atomic E-state index is 13.6. The standard InChI is InChI=1S/C22H13F5N2OS2/c23-21(24)32-15-8-6-13(7-9-15)18-10-17(22(25,26)27)16(11-28)20(29-18)31-12-19(30)14-4-2-1-3-5-14/h1-10,21H,12H2. The number of rotatable bonds is 7. The molecule has 0 N–H and O–H groups in total. The number of alkyl halides is 5. The lowest BCUT2D eigenvalue weighted by atomic mass is 10.1. The van der Waals surface area contributed by atoms with Crippen molar-refractivity contribution < 1.29 is 26.7 Å². The van der Waals surface area contributed by atoms with E-state index in [9.17, 15) is 32.0 Å². The van der Waals surface area contributed by atoms with Crippen molar-refractivity contribution in [2.75, 3.05) is 5.75 Å². The molecular formula is C22H13F5N2OS2. The summed E-state index contributed by atoms with van der Waals surface area (Å²) in [6, 6.07) is 16.0. The number of hydrogen-bond donors (Lipinski definition) is 0. The van der Waals surface area contributed by atoms with Gasteiger partial charge in [0, 0.05) is 16.0 Å². The van der Waals surface area contributed by atoms with Gasteiger partial charge < -0.3 is 0 Å². The lowest BCUT2D eigenvalue weighted by Gasteiger charge is -2.14. The Hall–Kier alpha value is -2.90. The maximum Gasteiger partial charge on any atom is 0.417 e. The molecule has 2 aromatic carbocycles. The molecule has 3 nitrogen and oxygen atoms in total. The molecule has 1 heterocycles. The van der Waals surface area contributed by atoms with Gasteiger partial charge in [-0.05, 0) is 18.2 Å². The zero-order valence-corrected chi connectivity index (χ0v) is 17.7. The third-order valence-corrected chi connectivity index (χ3v) is 5.91. The van der Waals surface area contributed by atoms with Crippen molar-refractivity contribution in [3.8, 4) is 17.3 Å². The van der Waals surface area contributed by atoms with Crippen LogP contribution in [0.1, 0.15) is 21.5 Å². The minimum Gasteiger partial charge on any atom is -0.293 e. The number of halogens is 5. The molecule has 32 heavy (non-hydrogen) atoms. The molecule has 0 radical (unpaired) electrons. The van der Waals surface area contributed by atoms with Crippen LogP contribution in [0.2, 0.25) is 0 Å². The molecule has 10 heteroatoms. The van der Waals surface area contributed by atoms with Gasteiger partial charge in [0.25, 0.3) is 5.76 Å². The zero-order chi connectivity index (χ0) is 23.3. The number of Topliss-reactive ketones (excluding diaryl/α,β-unsaturated/α-hetero) is 1. The lowest BCUT2D eigenvalue weighted by Crippen LogP contribution is -2.11. The van der Waals surface area contributed by atoms with Crippen LogP contribution in [-0.2, 0) is 6.18 Å². The summed E-state index contributed by atoms with van der Waals surface area (Å²) < 4.78 is 65.9. The van der Waals surface area contributed by atoms with Crippen molar-refractivity contribution >= 4 is 29.3 Å². The number of ketones is 1. The van der Waals surface area contributed by atoms with Gasteiger partial charge in [0.1, 0.15) is 11.1 Å². The van der Waals surface area contributed by atoms with Crippen LogP contribution < -0.4 is 0 Å². The van der Waals surface area contributed by atoms with Crippen molar-refractivity contribution in [2.45, 2.75) is 21.9 Å². The van der Waals surface area contributed by atoms with Gasteiger partial charge in [0.15, 0.2) is 5.78 Å². The number of benzene rings is 2. The van der Waals surface area contributed by atoms with Gasteiger partial charge in [0.2, 0.25) is 0 Å². The molecule has 0 atom stereocenters. The molecule has 3 aromatic rings. The van der Waals surface area contributed by atoms with Crippen molar-refractivity contribution in [3.63, 3.8) is 0 Å². The molecular weight excluding hydrogens is 467 g/mol. The van der Waals surface area contributed by atoms with E-state index in [1.54, 1.807) is 36.4 Å². The van der Waals surface area contributed by atoms with Crippen LogP contribution in [0.4, 0.5) is 22.0 Å². The third-order valence-electron chi connectivity index (χ3n) is 4.21. The molecule has 1 aromatic heterocycles. The summed E-state index contributed by atoms with van der Waals surface area (Å²) in [7, 11) is 0. The first kappa shape index (κ1) is 23.8. The monoisotopic (exact) mass is 480 g/mol. The Kier molecular flexibility index (Phi) is 7.53. The number of nitrogens with zero attached hydrogens (tertiary/aromatic N) is 2. The predicted octanol–water partition coefficient (Wildman–Crippen LogP) is 6.93. The van der Waals surface area contributed by atoms with Crippen LogP contribution in [0, 0.1) is 11.3 Å². The molecule has 164 valence electrons. The second kappa shape index (κ2) is 10.1. The first-order chi connectivity index (χ1) is 15.2. The molecule has 0 unspecified atom stereocenters. The van der Waals surface area contributed by atoms with E-state index in [0.717, 1.165) is 17.8 Å². The van der Waals surface area contributed by atoms with Gasteiger partial charge in [-0.2, -0.15) is 27.2 Å². The molecule has 0 aliphatic heterocycles. The number of carbonyl (C=O) groups is 1. The molecule has 0 aliphatic carbocycles. The van der Waals surface area contributed by atoms with E-state index in [1.165, 1.54) is 24.3 Å². The second-order valence-corrected chi connectivity index (χ2v) is 8.35. The summed E-state index contributed by atoms with van der Waals surface area (Å²) in [5.74, 6) is -3.17. The van der Waals surface area contributed by atoms with E-state index in [0.29, 0.717) is 17.3 Å². The van der Waals surface area contributed by atoms with Crippen LogP contribution in [0.25, 0.3) is 11.3 Å². The average Bonchev–Trinajstić information content (AvgIpc) is 2.77. The molecule has 0 saturated carbocycles. The SMILES string of the molecule is N#Cc1c(C(F)(F)F)cc(-c2ccc(SC(F)F)cc2)nc1SCC(=O)c1ccccc1. The summed E-state index contributed by atoms with van der Waals surface area (Å²) in [5, 5.41) is 9.14. The average molecular weight is 480 g/mol. The highest BCUT2D eigenvalue weighted by Crippen LogP contribution is 2.38. The molecule has 0 fully saturated rings. The fraction of sp³-hybridized carbons (Fsp3) is 0.136. The van der Waals surface area contributed by atoms with Crippen molar-refractivity contribution in [1.82, 2.24) is 4.98 Å². The minimum atomic E-state index is -4.83. The molecule has 3 rings (SSSR count). The number of carbonyl (C=O) groups excluding carboxylic acids is 1. The molecule has 0 saturated heterocycles. The highest BCUT2D eigenvalue weighted by atomic mass is 32.2. The fourth-order valence-electron chi connectivity index (χ4n) is 2.75. The number of pyridine rings is 1. The van der Waals surface area contributed by atoms with Gasteiger partial charge in [-0.25, -0.2) is 4.98 Å². The number of nitriles is 1. The highest BCUT2D eigenvalue weighted by Gasteiger charge is 2.36. The Balaban J connectivity index is 1.98. The topological polar surface area (TPSA) is 53.8 Å². The Labute approximate surface area is 188 Å². The molecule has 0 aliphatic rings. The van der Waals surface area contributed by atoms with Gasteiger partial charge >= 0.3 is 6.18 Å². The van der Waals surface area contributed by atoms with Crippen LogP contribution >= 0.6 is 23.5 Å². The minimum absolute atomic E-state index is 0.0837. The van der Waals surface area contributed by atoms with Crippen LogP contribution in [-0.4, -0.2) is 22.3 Å². The summed E-state index contributed by atoms with van der Waals surface area (Å²) in [6.07, 6.45) is -4.83. The van der Waals surface area contributed by atoms with Crippen molar-refractivity contribution in [1.29, 1.82) is 5.26 Å². The van der Waals surface area contributed by atoms with E-state index in [4.69, 9.17) is 0 Å². The largest absolute Gasteiger partial charge is 0.417 e. The smallest absolute Gasteiger partial charge is 0.293 e. The van der Waals surface area contributed by atoms with E-state index < -0.39 is 23.1 Å². The number of thioether (sulfide) groups is 2. The van der Waals surface area contributed by atoms with Gasteiger partial charge in [-0.3, -0.25) is 4.79 Å². The number of hydrogen-bond acceptors (Lipinski definition) is 5. The molecule has 0 amide bonds. The van der Waals surface area contributed by atoms with E-state index >= 15 is 0 Å². The summed E-state index contributed by atoms with van der Waals surface area (Å²) in [4.78, 5) is 16.8. The predicted molar refractivity (Wildman–Crippen MR) is 113 cm³/mol. The lowest BCUT2D eigenvalue weighted by molar-refractivity contribution is -0.138. The Bertz CT molecular complexity index is 1140. The maximum absolute atomic E-state index is 13.6. The van der Waals surface area contributed by atoms with Crippen LogP contribution in [0.15, 0.2) is 70.6 Å². The van der Waals surface area contributed by atoms with E-state index in [1.807, 2.05) is 0 Å². The summed E-state index contributed by atoms with van der Waals surface area (Å²) >= 11 is 1.05. The molecule has 0 bridgehead atoms. The van der Waals surface area contributed by atoms with Crippen LogP contribution in [0.5, 0.6) is 0 Å². The summed E-state index contributed by atoms with van der Waals surface area (Å²) in [5.41, 5.74) is -1.28. The summed E-state index contributed by atoms with van der Waals surface area (Å²) in [6.45, 7) is 0. The highest BCUT2D eigenvalue weighted by molar-refractivity contribution is 8.00. The van der Waals surface area contributed by atoms with Crippen molar-refractivity contribution in [2.24, 2.45) is 0 Å². The fourth-order valence-corrected chi connectivity index (χ4v) is 4.15. The van der Waals surface area contributed by atoms with Gasteiger partial charge in [-0.1, -0.05) is 66.0 Å². The normalized spacial score (nSPS) is 11.4. The van der Waals surface area contributed by atoms with E-state index in [2.05, 4.69) is 4.98 Å². The van der Waals surface area contributed by atoms with Crippen LogP contribution in [0.3, 0.4) is 0 Å². The zero-order valence-electron chi connectivity index (χ0n) is 16.1. The number of aromatic nitrogens is 1.